The standard InChI is InChI=1S/C18H20F3N5O7/c19-18(20,21)16(31)23-3-5-32-4-1-2-8-6-26(13-10(8)14(30)25-17(22)24-13)15-12(29)11(28)9(7-27)33-15/h6,9,11-12,15,27-29H,3-5,7H2,(H,23,31)(H3,22,24,25,30). The zero-order valence-corrected chi connectivity index (χ0v) is 16.8. The summed E-state index contributed by atoms with van der Waals surface area (Å²) in [4.78, 5) is 29.5. The Hall–Kier alpha value is -3.16. The van der Waals surface area contributed by atoms with Gasteiger partial charge in [0.25, 0.3) is 5.56 Å². The summed E-state index contributed by atoms with van der Waals surface area (Å²) in [5.74, 6) is 2.92. The topological polar surface area (TPSA) is 185 Å². The Morgan fingerprint density at radius 3 is 2.76 bits per heavy atom. The van der Waals surface area contributed by atoms with Crippen LogP contribution in [-0.2, 0) is 14.3 Å². The second-order valence-corrected chi connectivity index (χ2v) is 6.94. The monoisotopic (exact) mass is 475 g/mol. The van der Waals surface area contributed by atoms with Crippen LogP contribution in [0, 0.1) is 11.8 Å². The Morgan fingerprint density at radius 2 is 2.12 bits per heavy atom. The van der Waals surface area contributed by atoms with Gasteiger partial charge in [0, 0.05) is 12.7 Å². The molecule has 0 spiro atoms. The van der Waals surface area contributed by atoms with Gasteiger partial charge in [-0.15, -0.1) is 0 Å². The molecule has 1 amide bonds. The van der Waals surface area contributed by atoms with Crippen LogP contribution in [0.4, 0.5) is 19.1 Å². The second kappa shape index (κ2) is 9.77. The number of amides is 1. The third kappa shape index (κ3) is 5.26. The summed E-state index contributed by atoms with van der Waals surface area (Å²) >= 11 is 0. The van der Waals surface area contributed by atoms with Crippen molar-refractivity contribution in [2.75, 3.05) is 32.1 Å². The van der Waals surface area contributed by atoms with Crippen LogP contribution in [0.2, 0.25) is 0 Å². The number of aromatic nitrogens is 3. The van der Waals surface area contributed by atoms with Gasteiger partial charge in [-0.05, 0) is 0 Å². The van der Waals surface area contributed by atoms with Gasteiger partial charge in [0.1, 0.15) is 24.9 Å². The summed E-state index contributed by atoms with van der Waals surface area (Å²) in [6.45, 7) is -1.41. The van der Waals surface area contributed by atoms with Crippen LogP contribution >= 0.6 is 0 Å². The van der Waals surface area contributed by atoms with E-state index in [1.807, 2.05) is 0 Å². The number of hydrogen-bond donors (Lipinski definition) is 6. The van der Waals surface area contributed by atoms with E-state index >= 15 is 0 Å². The predicted octanol–water partition coefficient (Wildman–Crippen LogP) is -2.04. The lowest BCUT2D eigenvalue weighted by atomic mass is 10.1. The number of halogens is 3. The van der Waals surface area contributed by atoms with Gasteiger partial charge in [0.05, 0.1) is 24.2 Å². The maximum absolute atomic E-state index is 12.4. The number of alkyl halides is 3. The molecule has 0 bridgehead atoms. The number of H-pyrrole nitrogens is 1. The SMILES string of the molecule is Nc1nc2c(c(C#CCOCCNC(=O)C(F)(F)F)cn2C2OC(CO)C(O)C2O)c(=O)[nH]1. The third-order valence-electron chi connectivity index (χ3n) is 4.68. The summed E-state index contributed by atoms with van der Waals surface area (Å²) in [6.07, 6.45) is -8.75. The van der Waals surface area contributed by atoms with Gasteiger partial charge in [0.2, 0.25) is 5.95 Å². The van der Waals surface area contributed by atoms with Crippen LogP contribution in [0.3, 0.4) is 0 Å². The normalized spacial score (nSPS) is 22.8. The molecule has 2 aromatic rings. The van der Waals surface area contributed by atoms with E-state index in [1.165, 1.54) is 10.8 Å². The average molecular weight is 475 g/mol. The number of hydrogen-bond acceptors (Lipinski definition) is 9. The van der Waals surface area contributed by atoms with E-state index < -0.39 is 48.8 Å². The van der Waals surface area contributed by atoms with Crippen LogP contribution in [0.25, 0.3) is 11.0 Å². The molecular formula is C18H20F3N5O7. The highest BCUT2D eigenvalue weighted by Crippen LogP contribution is 2.32. The molecule has 0 aromatic carbocycles. The number of carbonyl (C=O) groups is 1. The fraction of sp³-hybridized carbons (Fsp3) is 0.500. The van der Waals surface area contributed by atoms with E-state index in [-0.39, 0.29) is 42.3 Å². The van der Waals surface area contributed by atoms with Gasteiger partial charge >= 0.3 is 12.1 Å². The summed E-state index contributed by atoms with van der Waals surface area (Å²) in [5.41, 5.74) is 5.12. The Kier molecular flexibility index (Phi) is 7.25. The van der Waals surface area contributed by atoms with E-state index in [0.717, 1.165) is 0 Å². The number of nitrogens with two attached hydrogens (primary N) is 1. The van der Waals surface area contributed by atoms with Crippen molar-refractivity contribution in [1.82, 2.24) is 19.9 Å². The number of ether oxygens (including phenoxy) is 2. The molecule has 4 unspecified atom stereocenters. The van der Waals surface area contributed by atoms with Gasteiger partial charge in [0.15, 0.2) is 11.9 Å². The number of aliphatic hydroxyl groups excluding tert-OH is 3. The molecule has 12 nitrogen and oxygen atoms in total. The first-order chi connectivity index (χ1) is 15.5. The molecule has 15 heteroatoms. The van der Waals surface area contributed by atoms with Crippen molar-refractivity contribution in [1.29, 1.82) is 0 Å². The van der Waals surface area contributed by atoms with Crippen LogP contribution in [0.5, 0.6) is 0 Å². The second-order valence-electron chi connectivity index (χ2n) is 6.94. The molecule has 2 aromatic heterocycles. The minimum atomic E-state index is -4.98. The van der Waals surface area contributed by atoms with Gasteiger partial charge in [-0.1, -0.05) is 11.8 Å². The van der Waals surface area contributed by atoms with E-state index in [0.29, 0.717) is 0 Å². The summed E-state index contributed by atoms with van der Waals surface area (Å²) < 4.78 is 48.0. The molecule has 33 heavy (non-hydrogen) atoms. The van der Waals surface area contributed by atoms with Crippen molar-refractivity contribution in [2.45, 2.75) is 30.7 Å². The highest BCUT2D eigenvalue weighted by molar-refractivity contribution is 5.83. The zero-order valence-electron chi connectivity index (χ0n) is 16.8. The van der Waals surface area contributed by atoms with Crippen molar-refractivity contribution in [2.24, 2.45) is 0 Å². The summed E-state index contributed by atoms with van der Waals surface area (Å²) in [5, 5.41) is 31.2. The Balaban J connectivity index is 1.76. The number of fused-ring (bicyclic) bond motifs is 1. The average Bonchev–Trinajstić information content (AvgIpc) is 3.23. The van der Waals surface area contributed by atoms with E-state index in [9.17, 15) is 38.1 Å². The van der Waals surface area contributed by atoms with Gasteiger partial charge < -0.3 is 40.4 Å². The molecule has 0 saturated carbocycles. The van der Waals surface area contributed by atoms with Gasteiger partial charge in [-0.2, -0.15) is 18.2 Å². The molecule has 1 aliphatic heterocycles. The molecule has 3 heterocycles. The lowest BCUT2D eigenvalue weighted by molar-refractivity contribution is -0.173. The Labute approximate surface area is 183 Å². The van der Waals surface area contributed by atoms with Crippen LogP contribution in [0.15, 0.2) is 11.0 Å². The first kappa shape index (κ1) is 24.5. The van der Waals surface area contributed by atoms with Crippen molar-refractivity contribution in [3.8, 4) is 11.8 Å². The van der Waals surface area contributed by atoms with Crippen molar-refractivity contribution in [3.05, 3.63) is 22.1 Å². The highest BCUT2D eigenvalue weighted by atomic mass is 19.4. The fourth-order valence-electron chi connectivity index (χ4n) is 3.16. The maximum Gasteiger partial charge on any atom is 0.471 e. The van der Waals surface area contributed by atoms with Crippen LogP contribution in [0.1, 0.15) is 11.8 Å². The fourth-order valence-corrected chi connectivity index (χ4v) is 3.16. The predicted molar refractivity (Wildman–Crippen MR) is 105 cm³/mol. The minimum absolute atomic E-state index is 0.00571. The van der Waals surface area contributed by atoms with Gasteiger partial charge in [-0.3, -0.25) is 14.6 Å². The number of aliphatic hydroxyl groups is 3. The smallest absolute Gasteiger partial charge is 0.394 e. The lowest BCUT2D eigenvalue weighted by Gasteiger charge is -2.17. The Bertz CT molecular complexity index is 1140. The molecule has 0 radical (unpaired) electrons. The number of carbonyl (C=O) groups excluding carboxylic acids is 1. The third-order valence-corrected chi connectivity index (χ3v) is 4.68. The molecule has 1 fully saturated rings. The number of aromatic amines is 1. The molecule has 180 valence electrons. The molecule has 3 rings (SSSR count). The molecule has 1 saturated heterocycles. The Morgan fingerprint density at radius 1 is 1.39 bits per heavy atom. The van der Waals surface area contributed by atoms with Crippen molar-refractivity contribution in [3.63, 3.8) is 0 Å². The van der Waals surface area contributed by atoms with Crippen LogP contribution < -0.4 is 16.6 Å². The molecule has 4 atom stereocenters. The summed E-state index contributed by atoms with van der Waals surface area (Å²) in [6, 6.07) is 0. The number of nitrogens with one attached hydrogen (secondary N) is 2. The van der Waals surface area contributed by atoms with E-state index in [2.05, 4.69) is 21.8 Å². The van der Waals surface area contributed by atoms with Crippen molar-refractivity contribution >= 4 is 22.9 Å². The minimum Gasteiger partial charge on any atom is -0.394 e. The van der Waals surface area contributed by atoms with E-state index in [4.69, 9.17) is 15.2 Å². The first-order valence-corrected chi connectivity index (χ1v) is 9.49. The molecule has 0 aliphatic carbocycles. The summed E-state index contributed by atoms with van der Waals surface area (Å²) in [7, 11) is 0. The first-order valence-electron chi connectivity index (χ1n) is 9.49. The van der Waals surface area contributed by atoms with Crippen LogP contribution in [-0.4, -0.2) is 86.6 Å². The quantitative estimate of drug-likeness (QED) is 0.202. The van der Waals surface area contributed by atoms with Gasteiger partial charge in [-0.25, -0.2) is 0 Å². The maximum atomic E-state index is 12.4. The lowest BCUT2D eigenvalue weighted by Crippen LogP contribution is -2.38. The largest absolute Gasteiger partial charge is 0.471 e. The number of nitrogens with zero attached hydrogens (tertiary/aromatic N) is 2. The number of anilines is 1. The van der Waals surface area contributed by atoms with Crippen molar-refractivity contribution < 1.29 is 42.8 Å². The number of nitrogen functional groups attached to an aromatic ring is 1. The number of rotatable bonds is 6. The highest BCUT2D eigenvalue weighted by Gasteiger charge is 2.44. The molecule has 7 N–H and O–H groups in total. The van der Waals surface area contributed by atoms with E-state index in [1.54, 1.807) is 5.32 Å². The zero-order chi connectivity index (χ0) is 24.3. The molecular weight excluding hydrogens is 455 g/mol. The molecule has 1 aliphatic rings.